The second-order valence-electron chi connectivity index (χ2n) is 4.69. The zero-order valence-electron chi connectivity index (χ0n) is 10.6. The predicted molar refractivity (Wildman–Crippen MR) is 76.6 cm³/mol. The molecule has 2 aromatic rings. The summed E-state index contributed by atoms with van der Waals surface area (Å²) in [5, 5.41) is 4.07. The van der Waals surface area contributed by atoms with Gasteiger partial charge in [-0.3, -0.25) is 10.9 Å². The number of hydrogen-bond donors (Lipinski definition) is 2. The molecular formula is C15H14N4. The van der Waals surface area contributed by atoms with Crippen LogP contribution in [0.2, 0.25) is 0 Å². The van der Waals surface area contributed by atoms with E-state index in [1.165, 1.54) is 16.9 Å². The van der Waals surface area contributed by atoms with Crippen LogP contribution in [0, 0.1) is 0 Å². The molecule has 0 fully saturated rings. The quantitative estimate of drug-likeness (QED) is 0.814. The van der Waals surface area contributed by atoms with Crippen molar-refractivity contribution in [2.45, 2.75) is 6.92 Å². The van der Waals surface area contributed by atoms with Gasteiger partial charge in [0.1, 0.15) is 0 Å². The minimum Gasteiger partial charge on any atom is -0.280 e. The fourth-order valence-corrected chi connectivity index (χ4v) is 2.60. The molecule has 0 aromatic heterocycles. The van der Waals surface area contributed by atoms with E-state index < -0.39 is 0 Å². The van der Waals surface area contributed by atoms with Gasteiger partial charge in [-0.1, -0.05) is 42.5 Å². The van der Waals surface area contributed by atoms with Gasteiger partial charge in [0.05, 0.1) is 22.8 Å². The third-order valence-electron chi connectivity index (χ3n) is 3.52. The highest BCUT2D eigenvalue weighted by atomic mass is 16.0. The van der Waals surface area contributed by atoms with Gasteiger partial charge in [0.2, 0.25) is 0 Å². The van der Waals surface area contributed by atoms with Crippen molar-refractivity contribution in [1.29, 1.82) is 0 Å². The summed E-state index contributed by atoms with van der Waals surface area (Å²) in [6.07, 6.45) is 0. The van der Waals surface area contributed by atoms with Crippen molar-refractivity contribution in [2.24, 2.45) is 0 Å². The molecule has 2 aliphatic rings. The zero-order valence-corrected chi connectivity index (χ0v) is 10.6. The fraction of sp³-hybridized carbons (Fsp3) is 0.0667. The molecule has 0 spiro atoms. The molecule has 4 rings (SSSR count). The summed E-state index contributed by atoms with van der Waals surface area (Å²) in [6.45, 7) is 2.12. The topological polar surface area (TPSA) is 30.5 Å². The first-order valence-corrected chi connectivity index (χ1v) is 6.33. The van der Waals surface area contributed by atoms with Crippen LogP contribution in [0.1, 0.15) is 12.5 Å². The predicted octanol–water partition coefficient (Wildman–Crippen LogP) is 2.96. The largest absolute Gasteiger partial charge is 0.280 e. The number of hydrazine groups is 3. The summed E-state index contributed by atoms with van der Waals surface area (Å²) in [5.41, 5.74) is 12.5. The molecule has 0 unspecified atom stereocenters. The van der Waals surface area contributed by atoms with Crippen LogP contribution in [0.15, 0.2) is 60.3 Å². The highest BCUT2D eigenvalue weighted by molar-refractivity contribution is 5.82. The summed E-state index contributed by atoms with van der Waals surface area (Å²) in [6, 6.07) is 18.6. The normalized spacial score (nSPS) is 17.0. The first-order chi connectivity index (χ1) is 9.34. The average molecular weight is 250 g/mol. The molecule has 0 atom stereocenters. The number of para-hydroxylation sites is 2. The Morgan fingerprint density at radius 1 is 0.842 bits per heavy atom. The van der Waals surface area contributed by atoms with E-state index in [0.717, 1.165) is 11.4 Å². The first kappa shape index (κ1) is 10.5. The molecule has 0 amide bonds. The van der Waals surface area contributed by atoms with E-state index in [2.05, 4.69) is 65.2 Å². The molecule has 94 valence electrons. The van der Waals surface area contributed by atoms with Crippen LogP contribution in [0.5, 0.6) is 0 Å². The van der Waals surface area contributed by atoms with E-state index in [9.17, 15) is 0 Å². The Kier molecular flexibility index (Phi) is 2.07. The van der Waals surface area contributed by atoms with Gasteiger partial charge in [-0.2, -0.15) is 0 Å². The van der Waals surface area contributed by atoms with Crippen molar-refractivity contribution in [3.05, 3.63) is 65.9 Å². The number of rotatable bonds is 1. The van der Waals surface area contributed by atoms with E-state index in [4.69, 9.17) is 0 Å². The third kappa shape index (κ3) is 1.44. The van der Waals surface area contributed by atoms with E-state index in [1.807, 2.05) is 17.4 Å². The SMILES string of the molecule is CC1=C(c2ccccc2)NN2Nc3ccccc3N12. The monoisotopic (exact) mass is 250 g/mol. The minimum atomic E-state index is 1.11. The molecule has 0 saturated heterocycles. The lowest BCUT2D eigenvalue weighted by Crippen LogP contribution is -2.42. The van der Waals surface area contributed by atoms with Crippen molar-refractivity contribution in [1.82, 2.24) is 10.7 Å². The molecule has 2 aliphatic heterocycles. The van der Waals surface area contributed by atoms with Gasteiger partial charge in [0, 0.05) is 5.56 Å². The molecule has 2 heterocycles. The van der Waals surface area contributed by atoms with Gasteiger partial charge in [-0.05, 0) is 24.3 Å². The summed E-state index contributed by atoms with van der Waals surface area (Å²) >= 11 is 0. The first-order valence-electron chi connectivity index (χ1n) is 6.33. The summed E-state index contributed by atoms with van der Waals surface area (Å²) < 4.78 is 0. The lowest BCUT2D eigenvalue weighted by atomic mass is 10.1. The second-order valence-corrected chi connectivity index (χ2v) is 4.69. The van der Waals surface area contributed by atoms with Crippen molar-refractivity contribution in [3.63, 3.8) is 0 Å². The Morgan fingerprint density at radius 2 is 1.58 bits per heavy atom. The number of anilines is 2. The molecule has 19 heavy (non-hydrogen) atoms. The van der Waals surface area contributed by atoms with Crippen molar-refractivity contribution >= 4 is 17.1 Å². The molecule has 0 radical (unpaired) electrons. The van der Waals surface area contributed by atoms with E-state index in [0.29, 0.717) is 0 Å². The van der Waals surface area contributed by atoms with Gasteiger partial charge in [-0.25, -0.2) is 5.01 Å². The van der Waals surface area contributed by atoms with Crippen LogP contribution in [-0.4, -0.2) is 5.23 Å². The van der Waals surface area contributed by atoms with Gasteiger partial charge >= 0.3 is 0 Å². The Labute approximate surface area is 111 Å². The smallest absolute Gasteiger partial charge is 0.0859 e. The Morgan fingerprint density at radius 3 is 2.42 bits per heavy atom. The second kappa shape index (κ2) is 3.76. The van der Waals surface area contributed by atoms with E-state index in [-0.39, 0.29) is 0 Å². The summed E-state index contributed by atoms with van der Waals surface area (Å²) in [4.78, 5) is 0. The minimum absolute atomic E-state index is 1.11. The highest BCUT2D eigenvalue weighted by Crippen LogP contribution is 2.40. The summed E-state index contributed by atoms with van der Waals surface area (Å²) in [5.74, 6) is 0. The molecule has 0 saturated carbocycles. The van der Waals surface area contributed by atoms with Crippen LogP contribution in [0.3, 0.4) is 0 Å². The number of nitrogens with zero attached hydrogens (tertiary/aromatic N) is 2. The third-order valence-corrected chi connectivity index (χ3v) is 3.52. The molecule has 4 heteroatoms. The van der Waals surface area contributed by atoms with Crippen LogP contribution in [0.4, 0.5) is 11.4 Å². The average Bonchev–Trinajstić information content (AvgIpc) is 2.97. The van der Waals surface area contributed by atoms with Gasteiger partial charge in [0.25, 0.3) is 0 Å². The number of benzene rings is 2. The lowest BCUT2D eigenvalue weighted by molar-refractivity contribution is 0.314. The van der Waals surface area contributed by atoms with E-state index >= 15 is 0 Å². The highest BCUT2D eigenvalue weighted by Gasteiger charge is 2.35. The van der Waals surface area contributed by atoms with Crippen LogP contribution < -0.4 is 15.9 Å². The van der Waals surface area contributed by atoms with E-state index in [1.54, 1.807) is 0 Å². The molecule has 0 aliphatic carbocycles. The number of nitrogens with one attached hydrogen (secondary N) is 2. The zero-order chi connectivity index (χ0) is 12.8. The lowest BCUT2D eigenvalue weighted by Gasteiger charge is -2.20. The molecule has 4 nitrogen and oxygen atoms in total. The summed E-state index contributed by atoms with van der Waals surface area (Å²) in [7, 11) is 0. The van der Waals surface area contributed by atoms with Crippen LogP contribution in [-0.2, 0) is 0 Å². The Bertz CT molecular complexity index is 663. The molecule has 2 N–H and O–H groups in total. The molecule has 2 aromatic carbocycles. The Hall–Kier alpha value is -2.46. The van der Waals surface area contributed by atoms with Crippen molar-refractivity contribution in [2.75, 3.05) is 10.4 Å². The van der Waals surface area contributed by atoms with Crippen LogP contribution >= 0.6 is 0 Å². The Balaban J connectivity index is 1.81. The van der Waals surface area contributed by atoms with Gasteiger partial charge in [0.15, 0.2) is 0 Å². The van der Waals surface area contributed by atoms with Crippen molar-refractivity contribution in [3.8, 4) is 0 Å². The van der Waals surface area contributed by atoms with Gasteiger partial charge in [-0.15, -0.1) is 0 Å². The molecule has 0 bridgehead atoms. The van der Waals surface area contributed by atoms with Crippen LogP contribution in [0.25, 0.3) is 5.70 Å². The maximum Gasteiger partial charge on any atom is 0.0859 e. The maximum absolute atomic E-state index is 3.39. The standard InChI is InChI=1S/C15H14N4/c1-11-15(12-7-3-2-4-8-12)17-19-16-13-9-5-6-10-14(13)18(11)19/h2-10,16-17H,1H3. The van der Waals surface area contributed by atoms with Gasteiger partial charge < -0.3 is 0 Å². The van der Waals surface area contributed by atoms with Crippen molar-refractivity contribution < 1.29 is 0 Å². The molecular weight excluding hydrogens is 236 g/mol. The number of fused-ring (bicyclic) bond motifs is 3. The number of hydrogen-bond acceptors (Lipinski definition) is 4. The maximum atomic E-state index is 3.39. The number of allylic oxidation sites excluding steroid dienone is 1. The fourth-order valence-electron chi connectivity index (χ4n) is 2.60.